The van der Waals surface area contributed by atoms with Gasteiger partial charge in [-0.25, -0.2) is 0 Å². The number of benzene rings is 2. The Bertz CT molecular complexity index is 632. The van der Waals surface area contributed by atoms with Crippen molar-refractivity contribution >= 4 is 11.6 Å². The van der Waals surface area contributed by atoms with E-state index >= 15 is 0 Å². The quantitative estimate of drug-likeness (QED) is 0.806. The first-order valence-electron chi connectivity index (χ1n) is 6.43. The van der Waals surface area contributed by atoms with Gasteiger partial charge in [0.05, 0.1) is 0 Å². The maximum atomic E-state index is 11.1. The summed E-state index contributed by atoms with van der Waals surface area (Å²) in [5.74, 6) is -0.0111. The van der Waals surface area contributed by atoms with Crippen molar-refractivity contribution in [2.45, 2.75) is 18.8 Å². The lowest BCUT2D eigenvalue weighted by Crippen LogP contribution is -2.10. The third kappa shape index (κ3) is 2.08. The monoisotopic (exact) mass is 252 g/mol. The number of carbonyl (C=O) groups excluding carboxylic acids is 1. The lowest BCUT2D eigenvalue weighted by atomic mass is 9.92. The molecule has 1 amide bonds. The van der Waals surface area contributed by atoms with Crippen molar-refractivity contribution in [1.29, 1.82) is 0 Å². The van der Waals surface area contributed by atoms with E-state index in [4.69, 9.17) is 11.5 Å². The number of hydrogen-bond donors (Lipinski definition) is 2. The Balaban J connectivity index is 1.97. The van der Waals surface area contributed by atoms with Gasteiger partial charge < -0.3 is 11.5 Å². The van der Waals surface area contributed by atoms with Crippen LogP contribution in [0, 0.1) is 0 Å². The minimum atomic E-state index is -0.386. The van der Waals surface area contributed by atoms with Crippen LogP contribution in [0.4, 0.5) is 5.69 Å². The number of primary amides is 1. The molecule has 0 bridgehead atoms. The molecule has 0 radical (unpaired) electrons. The van der Waals surface area contributed by atoms with Crippen LogP contribution in [-0.4, -0.2) is 5.91 Å². The van der Waals surface area contributed by atoms with Crippen LogP contribution in [-0.2, 0) is 6.42 Å². The molecule has 1 unspecified atom stereocenters. The number of amides is 1. The van der Waals surface area contributed by atoms with E-state index in [0.717, 1.165) is 18.5 Å². The predicted molar refractivity (Wildman–Crippen MR) is 76.0 cm³/mol. The molecule has 4 N–H and O–H groups in total. The second kappa shape index (κ2) is 4.43. The van der Waals surface area contributed by atoms with Gasteiger partial charge in [-0.05, 0) is 53.8 Å². The Labute approximate surface area is 112 Å². The Morgan fingerprint density at radius 2 is 1.84 bits per heavy atom. The number of hydrogen-bond acceptors (Lipinski definition) is 2. The summed E-state index contributed by atoms with van der Waals surface area (Å²) in [7, 11) is 0. The molecule has 3 heteroatoms. The van der Waals surface area contributed by atoms with Gasteiger partial charge >= 0.3 is 0 Å². The van der Waals surface area contributed by atoms with Crippen molar-refractivity contribution in [3.8, 4) is 0 Å². The maximum Gasteiger partial charge on any atom is 0.248 e. The first kappa shape index (κ1) is 11.8. The Kier molecular flexibility index (Phi) is 2.75. The van der Waals surface area contributed by atoms with Crippen molar-refractivity contribution in [2.75, 3.05) is 5.73 Å². The molecule has 0 saturated carbocycles. The fourth-order valence-electron chi connectivity index (χ4n) is 2.85. The van der Waals surface area contributed by atoms with Crippen LogP contribution >= 0.6 is 0 Å². The van der Waals surface area contributed by atoms with E-state index in [1.165, 1.54) is 16.7 Å². The first-order chi connectivity index (χ1) is 9.15. The molecular weight excluding hydrogens is 236 g/mol. The highest BCUT2D eigenvalue weighted by molar-refractivity contribution is 5.92. The predicted octanol–water partition coefficient (Wildman–Crippen LogP) is 2.45. The molecule has 3 rings (SSSR count). The summed E-state index contributed by atoms with van der Waals surface area (Å²) in [5, 5.41) is 0. The number of fused-ring (bicyclic) bond motifs is 1. The molecule has 2 aromatic carbocycles. The highest BCUT2D eigenvalue weighted by Crippen LogP contribution is 2.38. The molecule has 1 aliphatic rings. The molecule has 1 atom stereocenters. The molecule has 0 aliphatic heterocycles. The van der Waals surface area contributed by atoms with Gasteiger partial charge in [0.1, 0.15) is 0 Å². The number of nitrogen functional groups attached to an aromatic ring is 1. The van der Waals surface area contributed by atoms with Crippen molar-refractivity contribution in [2.24, 2.45) is 5.73 Å². The van der Waals surface area contributed by atoms with Crippen LogP contribution in [0.1, 0.15) is 39.4 Å². The number of nitrogens with two attached hydrogens (primary N) is 2. The molecule has 3 nitrogen and oxygen atoms in total. The standard InChI is InChI=1S/C16H16N2O/c17-13-7-5-11-6-8-14(15(11)9-13)10-1-3-12(4-2-10)16(18)19/h1-5,7,9,14H,6,8,17H2,(H2,18,19). The van der Waals surface area contributed by atoms with Crippen LogP contribution in [0.5, 0.6) is 0 Å². The zero-order valence-electron chi connectivity index (χ0n) is 10.6. The van der Waals surface area contributed by atoms with E-state index in [9.17, 15) is 4.79 Å². The highest BCUT2D eigenvalue weighted by Gasteiger charge is 2.24. The third-order valence-corrected chi connectivity index (χ3v) is 3.85. The molecule has 2 aromatic rings. The molecule has 1 aliphatic carbocycles. The molecule has 0 saturated heterocycles. The van der Waals surface area contributed by atoms with Crippen LogP contribution < -0.4 is 11.5 Å². The summed E-state index contributed by atoms with van der Waals surface area (Å²) in [6.45, 7) is 0. The summed E-state index contributed by atoms with van der Waals surface area (Å²) >= 11 is 0. The van der Waals surface area contributed by atoms with Gasteiger partial charge in [-0.1, -0.05) is 18.2 Å². The minimum Gasteiger partial charge on any atom is -0.399 e. The molecule has 96 valence electrons. The number of carbonyl (C=O) groups is 1. The zero-order chi connectivity index (χ0) is 13.4. The maximum absolute atomic E-state index is 11.1. The van der Waals surface area contributed by atoms with Gasteiger partial charge in [-0.2, -0.15) is 0 Å². The van der Waals surface area contributed by atoms with Crippen molar-refractivity contribution in [3.05, 3.63) is 64.7 Å². The average Bonchev–Trinajstić information content (AvgIpc) is 2.81. The summed E-state index contributed by atoms with van der Waals surface area (Å²) in [5.41, 5.74) is 16.4. The molecule has 0 spiro atoms. The largest absolute Gasteiger partial charge is 0.399 e. The van der Waals surface area contributed by atoms with Crippen LogP contribution in [0.15, 0.2) is 42.5 Å². The van der Waals surface area contributed by atoms with E-state index < -0.39 is 0 Å². The SMILES string of the molecule is NC(=O)c1ccc(C2CCc3ccc(N)cc32)cc1. The summed E-state index contributed by atoms with van der Waals surface area (Å²) < 4.78 is 0. The molecule has 19 heavy (non-hydrogen) atoms. The topological polar surface area (TPSA) is 69.1 Å². The summed E-state index contributed by atoms with van der Waals surface area (Å²) in [6, 6.07) is 13.7. The third-order valence-electron chi connectivity index (χ3n) is 3.85. The fourth-order valence-corrected chi connectivity index (χ4v) is 2.85. The molecule has 0 aromatic heterocycles. The van der Waals surface area contributed by atoms with Gasteiger partial charge in [-0.15, -0.1) is 0 Å². The molecule has 0 fully saturated rings. The number of aryl methyl sites for hydroxylation is 1. The van der Waals surface area contributed by atoms with Gasteiger partial charge in [-0.3, -0.25) is 4.79 Å². The lowest BCUT2D eigenvalue weighted by Gasteiger charge is -2.13. The van der Waals surface area contributed by atoms with E-state index in [1.807, 2.05) is 18.2 Å². The van der Waals surface area contributed by atoms with Crippen molar-refractivity contribution in [3.63, 3.8) is 0 Å². The van der Waals surface area contributed by atoms with Crippen LogP contribution in [0.3, 0.4) is 0 Å². The lowest BCUT2D eigenvalue weighted by molar-refractivity contribution is 0.100. The van der Waals surface area contributed by atoms with Crippen LogP contribution in [0.25, 0.3) is 0 Å². The Morgan fingerprint density at radius 3 is 2.53 bits per heavy atom. The Hall–Kier alpha value is -2.29. The molecular formula is C16H16N2O. The number of anilines is 1. The van der Waals surface area contributed by atoms with E-state index in [0.29, 0.717) is 11.5 Å². The van der Waals surface area contributed by atoms with Gasteiger partial charge in [0.15, 0.2) is 0 Å². The van der Waals surface area contributed by atoms with Gasteiger partial charge in [0.2, 0.25) is 5.91 Å². The molecule has 0 heterocycles. The first-order valence-corrected chi connectivity index (χ1v) is 6.43. The summed E-state index contributed by atoms with van der Waals surface area (Å²) in [6.07, 6.45) is 2.17. The number of rotatable bonds is 2. The normalized spacial score (nSPS) is 17.2. The van der Waals surface area contributed by atoms with E-state index in [2.05, 4.69) is 12.1 Å². The average molecular weight is 252 g/mol. The van der Waals surface area contributed by atoms with Crippen molar-refractivity contribution < 1.29 is 4.79 Å². The van der Waals surface area contributed by atoms with E-state index in [-0.39, 0.29) is 5.91 Å². The highest BCUT2D eigenvalue weighted by atomic mass is 16.1. The smallest absolute Gasteiger partial charge is 0.248 e. The van der Waals surface area contributed by atoms with Crippen molar-refractivity contribution in [1.82, 2.24) is 0 Å². The minimum absolute atomic E-state index is 0.375. The van der Waals surface area contributed by atoms with E-state index in [1.54, 1.807) is 12.1 Å². The summed E-state index contributed by atoms with van der Waals surface area (Å²) in [4.78, 5) is 11.1. The second-order valence-electron chi connectivity index (χ2n) is 5.04. The van der Waals surface area contributed by atoms with Crippen LogP contribution in [0.2, 0.25) is 0 Å². The fraction of sp³-hybridized carbons (Fsp3) is 0.188. The second-order valence-corrected chi connectivity index (χ2v) is 5.04. The Morgan fingerprint density at radius 1 is 1.11 bits per heavy atom. The van der Waals surface area contributed by atoms with Gasteiger partial charge in [0, 0.05) is 17.2 Å². The van der Waals surface area contributed by atoms with Gasteiger partial charge in [0.25, 0.3) is 0 Å². The zero-order valence-corrected chi connectivity index (χ0v) is 10.6.